The second-order valence-electron chi connectivity index (χ2n) is 17.7. The van der Waals surface area contributed by atoms with Gasteiger partial charge < -0.3 is 39.2 Å². The first kappa shape index (κ1) is 48.7. The van der Waals surface area contributed by atoms with Gasteiger partial charge in [0.1, 0.15) is 13.1 Å². The van der Waals surface area contributed by atoms with Crippen molar-refractivity contribution in [1.82, 2.24) is 21.3 Å². The minimum Gasteiger partial charge on any atom is -0.354 e. The molecule has 0 aliphatic rings. The summed E-state index contributed by atoms with van der Waals surface area (Å²) in [5, 5.41) is 11.8. The zero-order valence-electron chi connectivity index (χ0n) is 35.1. The van der Waals surface area contributed by atoms with Crippen LogP contribution in [-0.2, 0) is 19.2 Å². The summed E-state index contributed by atoms with van der Waals surface area (Å²) in [5.41, 5.74) is 0. The number of rotatable bonds is 32. The van der Waals surface area contributed by atoms with E-state index in [0.29, 0.717) is 32.7 Å². The number of quaternary nitrogens is 4. The van der Waals surface area contributed by atoms with E-state index in [1.807, 2.05) is 14.1 Å². The van der Waals surface area contributed by atoms with Crippen LogP contribution in [0.3, 0.4) is 0 Å². The third-order valence-corrected chi connectivity index (χ3v) is 9.62. The third kappa shape index (κ3) is 29.9. The van der Waals surface area contributed by atoms with Crippen molar-refractivity contribution in [3.8, 4) is 0 Å². The van der Waals surface area contributed by atoms with Crippen LogP contribution < -0.4 is 21.3 Å². The van der Waals surface area contributed by atoms with Crippen LogP contribution in [0.2, 0.25) is 0 Å². The molecule has 51 heavy (non-hydrogen) atoms. The lowest BCUT2D eigenvalue weighted by Gasteiger charge is -2.38. The van der Waals surface area contributed by atoms with Crippen LogP contribution in [0.1, 0.15) is 96.8 Å². The third-order valence-electron chi connectivity index (χ3n) is 9.62. The molecule has 2 atom stereocenters. The molecule has 300 valence electrons. The zero-order valence-corrected chi connectivity index (χ0v) is 35.1. The molecule has 2 unspecified atom stereocenters. The average molecular weight is 729 g/mol. The van der Waals surface area contributed by atoms with E-state index in [1.165, 1.54) is 77.0 Å². The Labute approximate surface area is 313 Å². The molecular weight excluding hydrogens is 644 g/mol. The van der Waals surface area contributed by atoms with Gasteiger partial charge in [-0.15, -0.1) is 0 Å². The molecule has 0 bridgehead atoms. The van der Waals surface area contributed by atoms with E-state index in [9.17, 15) is 19.2 Å². The summed E-state index contributed by atoms with van der Waals surface area (Å²) >= 11 is 0. The quantitative estimate of drug-likeness (QED) is 0.0631. The zero-order chi connectivity index (χ0) is 38.8. The van der Waals surface area contributed by atoms with Gasteiger partial charge in [0.05, 0.1) is 82.6 Å². The summed E-state index contributed by atoms with van der Waals surface area (Å²) in [6.45, 7) is 7.01. The van der Waals surface area contributed by atoms with E-state index in [1.54, 1.807) is 7.05 Å². The number of nitrogens with one attached hydrogen (secondary N) is 4. The normalized spacial score (nSPS) is 14.3. The molecule has 0 radical (unpaired) electrons. The highest BCUT2D eigenvalue weighted by atomic mass is 16.2. The molecule has 0 saturated carbocycles. The van der Waals surface area contributed by atoms with Gasteiger partial charge in [0.2, 0.25) is 0 Å². The van der Waals surface area contributed by atoms with Crippen LogP contribution in [0.4, 0.5) is 0 Å². The number of carbonyl (C=O) groups excluding carboxylic acids is 4. The lowest BCUT2D eigenvalue weighted by Crippen LogP contribution is -2.62. The second kappa shape index (κ2) is 26.5. The van der Waals surface area contributed by atoms with E-state index < -0.39 is 0 Å². The van der Waals surface area contributed by atoms with Crippen LogP contribution in [-0.4, -0.2) is 177 Å². The monoisotopic (exact) mass is 729 g/mol. The van der Waals surface area contributed by atoms with Crippen molar-refractivity contribution in [2.45, 2.75) is 96.8 Å². The summed E-state index contributed by atoms with van der Waals surface area (Å²) in [6.07, 6.45) is 18.1. The molecule has 0 aromatic carbocycles. The predicted octanol–water partition coefficient (Wildman–Crippen LogP) is 2.87. The second-order valence-corrected chi connectivity index (χ2v) is 17.7. The average Bonchev–Trinajstić information content (AvgIpc) is 3.00. The number of carbonyl (C=O) groups is 4. The molecule has 12 heteroatoms. The van der Waals surface area contributed by atoms with Crippen molar-refractivity contribution < 1.29 is 37.1 Å². The van der Waals surface area contributed by atoms with Gasteiger partial charge in [-0.3, -0.25) is 19.2 Å². The Morgan fingerprint density at radius 1 is 0.392 bits per heavy atom. The van der Waals surface area contributed by atoms with Crippen molar-refractivity contribution in [2.24, 2.45) is 0 Å². The van der Waals surface area contributed by atoms with Gasteiger partial charge in [-0.25, -0.2) is 0 Å². The number of amides is 4. The molecule has 0 spiro atoms. The SMILES string of the molecule is CCCCCCCCCCCCCCCCNC(=O)C[N+](C)(CC[N+](C)(CC(=O)NC)CC(=O)NCC[N+](C)(C)C)CC(=O)NCC[N+](C)(C)C. The predicted molar refractivity (Wildman–Crippen MR) is 211 cm³/mol. The fourth-order valence-electron chi connectivity index (χ4n) is 6.15. The highest BCUT2D eigenvalue weighted by Crippen LogP contribution is 2.13. The molecular formula is C39H84N8O4+4. The first-order valence-electron chi connectivity index (χ1n) is 20.1. The Hall–Kier alpha value is -2.28. The van der Waals surface area contributed by atoms with E-state index in [4.69, 9.17) is 0 Å². The molecule has 0 rings (SSSR count). The maximum absolute atomic E-state index is 13.2. The largest absolute Gasteiger partial charge is 0.354 e. The standard InChI is InChI=1S/C39H80N8O4/c1-11-12-13-14-15-16-17-18-19-20-21-22-23-24-25-41-37(49)33-47(10,35-39(51)43-27-29-45(6,7)8)31-30-46(9,32-36(48)40-2)34-38(50)42-26-28-44(3,4)5/h11-35H2,1-10H3/p+4. The first-order valence-corrected chi connectivity index (χ1v) is 20.1. The highest BCUT2D eigenvalue weighted by molar-refractivity contribution is 5.80. The van der Waals surface area contributed by atoms with E-state index in [2.05, 4.69) is 70.5 Å². The molecule has 0 heterocycles. The topological polar surface area (TPSA) is 116 Å². The van der Waals surface area contributed by atoms with E-state index >= 15 is 0 Å². The Bertz CT molecular complexity index is 981. The number of hydrogen-bond donors (Lipinski definition) is 4. The number of hydrogen-bond acceptors (Lipinski definition) is 4. The molecule has 0 saturated heterocycles. The number of unbranched alkanes of at least 4 members (excludes halogenated alkanes) is 13. The highest BCUT2D eigenvalue weighted by Gasteiger charge is 2.35. The molecule has 0 aliphatic heterocycles. The maximum Gasteiger partial charge on any atom is 0.275 e. The molecule has 4 amide bonds. The minimum atomic E-state index is -0.158. The van der Waals surface area contributed by atoms with Crippen LogP contribution in [0.15, 0.2) is 0 Å². The Balaban J connectivity index is 5.08. The van der Waals surface area contributed by atoms with Gasteiger partial charge in [0, 0.05) is 13.6 Å². The van der Waals surface area contributed by atoms with Crippen molar-refractivity contribution in [3.05, 3.63) is 0 Å². The maximum atomic E-state index is 13.2. The summed E-state index contributed by atoms with van der Waals surface area (Å²) in [4.78, 5) is 52.0. The van der Waals surface area contributed by atoms with Crippen molar-refractivity contribution >= 4 is 23.6 Å². The summed E-state index contributed by atoms with van der Waals surface area (Å²) in [5.74, 6) is -0.461. The summed E-state index contributed by atoms with van der Waals surface area (Å²) in [7, 11) is 17.9. The fourth-order valence-corrected chi connectivity index (χ4v) is 6.15. The van der Waals surface area contributed by atoms with Gasteiger partial charge in [0.15, 0.2) is 26.2 Å². The minimum absolute atomic E-state index is 0.0788. The molecule has 0 aliphatic carbocycles. The van der Waals surface area contributed by atoms with Gasteiger partial charge in [-0.2, -0.15) is 0 Å². The number of likely N-dealkylation sites (N-methyl/N-ethyl adjacent to an activating group) is 5. The van der Waals surface area contributed by atoms with Crippen LogP contribution >= 0.6 is 0 Å². The van der Waals surface area contributed by atoms with Crippen LogP contribution in [0.25, 0.3) is 0 Å². The van der Waals surface area contributed by atoms with Crippen LogP contribution in [0, 0.1) is 0 Å². The summed E-state index contributed by atoms with van der Waals surface area (Å²) < 4.78 is 1.83. The molecule has 12 nitrogen and oxygen atoms in total. The van der Waals surface area contributed by atoms with Crippen molar-refractivity contribution in [3.63, 3.8) is 0 Å². The Kier molecular flexibility index (Phi) is 25.3. The first-order chi connectivity index (χ1) is 23.8. The lowest BCUT2D eigenvalue weighted by molar-refractivity contribution is -0.949. The smallest absolute Gasteiger partial charge is 0.275 e. The fraction of sp³-hybridized carbons (Fsp3) is 0.897. The molecule has 0 aromatic heterocycles. The molecule has 4 N–H and O–H groups in total. The van der Waals surface area contributed by atoms with E-state index in [0.717, 1.165) is 34.9 Å². The van der Waals surface area contributed by atoms with Gasteiger partial charge in [-0.05, 0) is 6.42 Å². The van der Waals surface area contributed by atoms with Crippen molar-refractivity contribution in [2.75, 3.05) is 135 Å². The Morgan fingerprint density at radius 3 is 1.00 bits per heavy atom. The summed E-state index contributed by atoms with van der Waals surface area (Å²) in [6, 6.07) is 0. The molecule has 0 aromatic rings. The number of nitrogens with zero attached hydrogens (tertiary/aromatic N) is 4. The Morgan fingerprint density at radius 2 is 0.686 bits per heavy atom. The molecule has 0 fully saturated rings. The van der Waals surface area contributed by atoms with Crippen LogP contribution in [0.5, 0.6) is 0 Å². The van der Waals surface area contributed by atoms with E-state index in [-0.39, 0.29) is 58.8 Å². The van der Waals surface area contributed by atoms with Gasteiger partial charge >= 0.3 is 0 Å². The van der Waals surface area contributed by atoms with Gasteiger partial charge in [0.25, 0.3) is 23.6 Å². The van der Waals surface area contributed by atoms with Gasteiger partial charge in [-0.1, -0.05) is 90.4 Å². The van der Waals surface area contributed by atoms with Crippen molar-refractivity contribution in [1.29, 1.82) is 0 Å². The lowest BCUT2D eigenvalue weighted by atomic mass is 10.0.